The Labute approximate surface area is 634 Å². The van der Waals surface area contributed by atoms with Crippen LogP contribution in [0.1, 0.15) is 208 Å². The Balaban J connectivity index is -0.000000300. The third kappa shape index (κ3) is 33.6. The largest absolute Gasteiger partial charge is 0.378 e. The van der Waals surface area contributed by atoms with Gasteiger partial charge in [0.1, 0.15) is 0 Å². The highest BCUT2D eigenvalue weighted by Crippen LogP contribution is 2.36. The number of fused-ring (bicyclic) bond motifs is 3. The molecule has 0 atom stereocenters. The van der Waals surface area contributed by atoms with Gasteiger partial charge in [-0.3, -0.25) is 29.9 Å². The highest BCUT2D eigenvalue weighted by molar-refractivity contribution is 6.08. The summed E-state index contributed by atoms with van der Waals surface area (Å²) < 4.78 is 0. The summed E-state index contributed by atoms with van der Waals surface area (Å²) in [6, 6.07) is 58.9. The molecule has 7 aromatic rings. The number of hydrogen-bond acceptors (Lipinski definition) is 9. The minimum Gasteiger partial charge on any atom is -0.378 e. The van der Waals surface area contributed by atoms with Gasteiger partial charge in [0.05, 0.1) is 39.9 Å². The molecule has 0 unspecified atom stereocenters. The van der Waals surface area contributed by atoms with E-state index in [2.05, 4.69) is 238 Å². The summed E-state index contributed by atoms with van der Waals surface area (Å²) in [6.07, 6.45) is 25.7. The lowest BCUT2D eigenvalue weighted by Gasteiger charge is -2.19. The zero-order valence-corrected chi connectivity index (χ0v) is 64.2. The topological polar surface area (TPSA) is 74.8 Å². The number of benzene rings is 7. The van der Waals surface area contributed by atoms with E-state index in [4.69, 9.17) is 9.98 Å². The number of hydrogen-bond donors (Lipinski definition) is 0. The fourth-order valence-corrected chi connectivity index (χ4v) is 9.68. The molecular formula is C94H145N9. The number of allylic oxidation sites excluding steroid dienone is 9. The Hall–Kier alpha value is -9.31. The Morgan fingerprint density at radius 2 is 0.738 bits per heavy atom. The van der Waals surface area contributed by atoms with Crippen molar-refractivity contribution in [1.29, 1.82) is 0 Å². The molecule has 12 rings (SSSR count). The van der Waals surface area contributed by atoms with E-state index in [0.717, 1.165) is 87.0 Å². The molecule has 9 nitrogen and oxygen atoms in total. The Bertz CT molecular complexity index is 3460. The SMILES string of the molecule is C.C.C.C.C.C.CC.CC.CC.CC.CC.CC.CC.CC.CC.CN(C)c1ccc(C=Nc2ccc(C3=Nc4ccccc4C3)cc2)cc1.CN(C)c1ccc(C=Nc2ccc(C3=Nc4ccccc4C3)cc2)cc1.CN1C(=C2C=CC(=NC=C3C=CC(N(C)C)C=C3)C=C2)Cc2ccccc21. The first-order valence-corrected chi connectivity index (χ1v) is 35.9. The van der Waals surface area contributed by atoms with Crippen LogP contribution in [0.25, 0.3) is 0 Å². The van der Waals surface area contributed by atoms with Gasteiger partial charge in [0, 0.05) is 102 Å². The second-order valence-electron chi connectivity index (χ2n) is 20.6. The van der Waals surface area contributed by atoms with Crippen LogP contribution in [0, 0.1) is 0 Å². The molecule has 0 spiro atoms. The van der Waals surface area contributed by atoms with E-state index >= 15 is 0 Å². The molecule has 0 saturated carbocycles. The van der Waals surface area contributed by atoms with Crippen LogP contribution in [-0.4, -0.2) is 89.8 Å². The third-order valence-electron chi connectivity index (χ3n) is 14.4. The zero-order chi connectivity index (χ0) is 72.7. The number of aliphatic imine (C=N–C) groups is 5. The predicted molar refractivity (Wildman–Crippen MR) is 479 cm³/mol. The highest BCUT2D eigenvalue weighted by Gasteiger charge is 2.23. The molecule has 7 aromatic carbocycles. The number of rotatable bonds is 10. The molecule has 0 N–H and O–H groups in total. The lowest BCUT2D eigenvalue weighted by Crippen LogP contribution is -2.24. The fourth-order valence-electron chi connectivity index (χ4n) is 9.68. The maximum Gasteiger partial charge on any atom is 0.0669 e. The molecule has 2 aliphatic carbocycles. The van der Waals surface area contributed by atoms with Gasteiger partial charge >= 0.3 is 0 Å². The van der Waals surface area contributed by atoms with Gasteiger partial charge in [-0.05, 0) is 143 Å². The Kier molecular flexibility index (Phi) is 62.4. The normalized spacial score (nSPS) is 12.5. The fraction of sp³-hybridized carbons (Fsp3) is 0.372. The monoisotopic (exact) mass is 1400 g/mol. The zero-order valence-electron chi connectivity index (χ0n) is 64.2. The smallest absolute Gasteiger partial charge is 0.0669 e. The summed E-state index contributed by atoms with van der Waals surface area (Å²) >= 11 is 0. The molecule has 0 bridgehead atoms. The Morgan fingerprint density at radius 3 is 1.08 bits per heavy atom. The van der Waals surface area contributed by atoms with Crippen LogP contribution >= 0.6 is 0 Å². The first-order valence-electron chi connectivity index (χ1n) is 35.9. The third-order valence-corrected chi connectivity index (χ3v) is 14.4. The number of likely N-dealkylation sites (N-methyl/N-ethyl adjacent to an activating group) is 2. The lowest BCUT2D eigenvalue weighted by atomic mass is 10.0. The molecule has 0 radical (unpaired) electrons. The summed E-state index contributed by atoms with van der Waals surface area (Å²) in [5, 5.41) is 0. The van der Waals surface area contributed by atoms with E-state index in [1.807, 2.05) is 208 Å². The van der Waals surface area contributed by atoms with Gasteiger partial charge in [-0.15, -0.1) is 0 Å². The van der Waals surface area contributed by atoms with Crippen LogP contribution in [0.5, 0.6) is 0 Å². The predicted octanol–water partition coefficient (Wildman–Crippen LogP) is 27.9. The summed E-state index contributed by atoms with van der Waals surface area (Å²) in [5.41, 5.74) is 23.2. The molecule has 0 fully saturated rings. The summed E-state index contributed by atoms with van der Waals surface area (Å²) in [5.74, 6) is 0. The van der Waals surface area contributed by atoms with Gasteiger partial charge < -0.3 is 14.7 Å². The van der Waals surface area contributed by atoms with Gasteiger partial charge in [-0.1, -0.05) is 309 Å². The van der Waals surface area contributed by atoms with Crippen LogP contribution in [0.15, 0.2) is 266 Å². The van der Waals surface area contributed by atoms with Gasteiger partial charge in [0.25, 0.3) is 0 Å². The first-order chi connectivity index (χ1) is 47.5. The van der Waals surface area contributed by atoms with Crippen molar-refractivity contribution in [2.24, 2.45) is 25.0 Å². The molecule has 9 heteroatoms. The first kappa shape index (κ1) is 105. The molecule has 103 heavy (non-hydrogen) atoms. The molecule has 3 aliphatic heterocycles. The van der Waals surface area contributed by atoms with E-state index < -0.39 is 0 Å². The minimum atomic E-state index is 0. The van der Waals surface area contributed by atoms with Gasteiger partial charge in [-0.2, -0.15) is 0 Å². The summed E-state index contributed by atoms with van der Waals surface area (Å²) in [6.45, 7) is 36.0. The molecule has 5 aliphatic rings. The average Bonchev–Trinajstić information content (AvgIpc) is 1.66. The van der Waals surface area contributed by atoms with Crippen LogP contribution in [-0.2, 0) is 19.3 Å². The summed E-state index contributed by atoms with van der Waals surface area (Å²) in [7, 11) is 14.5. The van der Waals surface area contributed by atoms with Crippen molar-refractivity contribution >= 4 is 69.4 Å². The molecule has 3 heterocycles. The maximum atomic E-state index is 4.74. The van der Waals surface area contributed by atoms with Crippen molar-refractivity contribution < 1.29 is 0 Å². The Morgan fingerprint density at radius 1 is 0.388 bits per heavy atom. The van der Waals surface area contributed by atoms with Crippen LogP contribution in [0.2, 0.25) is 0 Å². The van der Waals surface area contributed by atoms with Crippen molar-refractivity contribution in [3.63, 3.8) is 0 Å². The van der Waals surface area contributed by atoms with E-state index in [1.165, 1.54) is 45.0 Å². The van der Waals surface area contributed by atoms with Crippen LogP contribution < -0.4 is 14.7 Å². The van der Waals surface area contributed by atoms with Crippen molar-refractivity contribution in [2.75, 3.05) is 64.0 Å². The standard InChI is InChI=1S/C24H25N3.2C23H21N3.9C2H6.6CH4/c1-26(2)22-14-8-18(9-15-22)17-25-21-12-10-19(11-13-21)24-16-20-6-4-5-7-23(20)27(24)3;2*1-26(2)21-13-7-17(8-14-21)16-24-20-11-9-18(10-12-20)23-15-19-5-3-4-6-22(19)25-23;9*1-2;;;;;;/h4-15,17,22H,16H2,1-3H3;2*3-14,16H,15H2,1-2H3;9*1-2H3;6*1H4. The van der Waals surface area contributed by atoms with E-state index in [-0.39, 0.29) is 44.6 Å². The lowest BCUT2D eigenvalue weighted by molar-refractivity contribution is 0.390. The van der Waals surface area contributed by atoms with Crippen LogP contribution in [0.4, 0.5) is 39.8 Å². The van der Waals surface area contributed by atoms with Gasteiger partial charge in [0.2, 0.25) is 0 Å². The van der Waals surface area contributed by atoms with Crippen molar-refractivity contribution in [3.8, 4) is 0 Å². The number of para-hydroxylation sites is 3. The average molecular weight is 1400 g/mol. The van der Waals surface area contributed by atoms with Crippen molar-refractivity contribution in [2.45, 2.75) is 194 Å². The quantitative estimate of drug-likeness (QED) is 0.128. The molecule has 0 amide bonds. The van der Waals surface area contributed by atoms with E-state index in [1.54, 1.807) is 0 Å². The maximum absolute atomic E-state index is 4.74. The second kappa shape index (κ2) is 61.4. The molecular weight excluding hydrogens is 1260 g/mol. The van der Waals surface area contributed by atoms with Crippen LogP contribution in [0.3, 0.4) is 0 Å². The molecule has 0 saturated heterocycles. The van der Waals surface area contributed by atoms with Crippen molar-refractivity contribution in [3.05, 3.63) is 280 Å². The van der Waals surface area contributed by atoms with E-state index in [0.29, 0.717) is 6.04 Å². The van der Waals surface area contributed by atoms with Gasteiger partial charge in [0.15, 0.2) is 0 Å². The number of anilines is 3. The van der Waals surface area contributed by atoms with Crippen molar-refractivity contribution in [1.82, 2.24) is 4.90 Å². The highest BCUT2D eigenvalue weighted by atomic mass is 15.1. The molecule has 0 aromatic heterocycles. The second-order valence-corrected chi connectivity index (χ2v) is 20.6. The molecule has 566 valence electrons. The van der Waals surface area contributed by atoms with Gasteiger partial charge in [-0.25, -0.2) is 0 Å². The number of nitrogens with zero attached hydrogens (tertiary/aromatic N) is 9. The minimum absolute atomic E-state index is 0. The van der Waals surface area contributed by atoms with E-state index in [9.17, 15) is 0 Å². The summed E-state index contributed by atoms with van der Waals surface area (Å²) in [4.78, 5) is 31.9.